The Balaban J connectivity index is 0.000000216. The first-order valence-corrected chi connectivity index (χ1v) is 28.8. The summed E-state index contributed by atoms with van der Waals surface area (Å²) in [6.45, 7) is 30.7. The predicted molar refractivity (Wildman–Crippen MR) is 335 cm³/mol. The van der Waals surface area contributed by atoms with E-state index in [0.717, 1.165) is 43.7 Å². The zero-order chi connectivity index (χ0) is 54.8. The van der Waals surface area contributed by atoms with Gasteiger partial charge >= 0.3 is 0 Å². The zero-order valence-electron chi connectivity index (χ0n) is 49.0. The molecule has 396 valence electrons. The van der Waals surface area contributed by atoms with E-state index in [4.69, 9.17) is 5.41 Å². The van der Waals surface area contributed by atoms with Crippen molar-refractivity contribution in [3.05, 3.63) is 232 Å². The number of fused-ring (bicyclic) bond motifs is 3. The van der Waals surface area contributed by atoms with E-state index in [9.17, 15) is 0 Å². The van der Waals surface area contributed by atoms with Crippen LogP contribution >= 0.6 is 0 Å². The maximum atomic E-state index is 8.08. The van der Waals surface area contributed by atoms with Crippen molar-refractivity contribution in [3.8, 4) is 33.4 Å². The highest BCUT2D eigenvalue weighted by molar-refractivity contribution is 5.94. The van der Waals surface area contributed by atoms with Crippen molar-refractivity contribution in [1.29, 1.82) is 5.41 Å². The van der Waals surface area contributed by atoms with Gasteiger partial charge in [-0.3, -0.25) is 0 Å². The molecular weight excluding hydrogens is 903 g/mol. The second-order valence-corrected chi connectivity index (χ2v) is 20.8. The summed E-state index contributed by atoms with van der Waals surface area (Å²) in [5.41, 5.74) is 23.1. The van der Waals surface area contributed by atoms with Crippen molar-refractivity contribution in [2.75, 3.05) is 0 Å². The average molecular weight is 999 g/mol. The molecule has 0 aromatic heterocycles. The van der Waals surface area contributed by atoms with Crippen LogP contribution in [0.2, 0.25) is 0 Å². The highest BCUT2D eigenvalue weighted by Crippen LogP contribution is 2.53. The molecule has 0 saturated heterocycles. The highest BCUT2D eigenvalue weighted by Gasteiger charge is 2.37. The molecule has 7 aromatic carbocycles. The van der Waals surface area contributed by atoms with E-state index < -0.39 is 0 Å². The minimum absolute atomic E-state index is 0.0636. The molecule has 2 unspecified atom stereocenters. The van der Waals surface area contributed by atoms with E-state index in [-0.39, 0.29) is 5.41 Å². The van der Waals surface area contributed by atoms with Crippen molar-refractivity contribution in [2.24, 2.45) is 5.92 Å². The van der Waals surface area contributed by atoms with Gasteiger partial charge < -0.3 is 5.41 Å². The summed E-state index contributed by atoms with van der Waals surface area (Å²) < 4.78 is 0. The molecule has 0 saturated carbocycles. The van der Waals surface area contributed by atoms with Gasteiger partial charge in [0.05, 0.1) is 0 Å². The standard InChI is InChI=1S/C25H26.C17H21N.C14H14.C12H18.C4H10.C2H6/c1-5-10-18-11-6-7-12-19(18)23-17(2)15-16-22-24(23)20-13-8-9-14-21(20)25(22,3)4;1-2-7-17(18)16-11-6-10-15(12-13-16)14-8-4-3-5-9-14;1-11-7-3-5-9-13(11)14-10-6-4-8-12(14)2;1-4-5-11(3)12-8-6-10(2)7-9-12;1-3-4-2;1-2/h6-9,11-16H,5,10H2,1-4H3;3-5,8-10,12-13,16,18H,2,6-7,11H2,1H3;3-10H,1-2H3;6-9,11H,4-5H2,1-3H3;3-4H2,1-2H3;1-2H3. The van der Waals surface area contributed by atoms with Crippen LogP contribution in [-0.4, -0.2) is 5.71 Å². The lowest BCUT2D eigenvalue weighted by Crippen LogP contribution is -2.14. The third kappa shape index (κ3) is 17.4. The van der Waals surface area contributed by atoms with E-state index in [2.05, 4.69) is 259 Å². The summed E-state index contributed by atoms with van der Waals surface area (Å²) in [5.74, 6) is 1.05. The Hall–Kier alpha value is -6.31. The van der Waals surface area contributed by atoms with Crippen molar-refractivity contribution in [2.45, 2.75) is 172 Å². The fourth-order valence-electron chi connectivity index (χ4n) is 10.1. The van der Waals surface area contributed by atoms with Crippen molar-refractivity contribution >= 4 is 11.3 Å². The molecule has 7 aromatic rings. The summed E-state index contributed by atoms with van der Waals surface area (Å²) in [7, 11) is 0. The van der Waals surface area contributed by atoms with Crippen LogP contribution in [0.3, 0.4) is 0 Å². The summed E-state index contributed by atoms with van der Waals surface area (Å²) >= 11 is 0. The maximum Gasteiger partial charge on any atom is 0.0159 e. The Morgan fingerprint density at radius 1 is 0.533 bits per heavy atom. The van der Waals surface area contributed by atoms with Crippen LogP contribution in [0.15, 0.2) is 182 Å². The van der Waals surface area contributed by atoms with Crippen LogP contribution < -0.4 is 0 Å². The van der Waals surface area contributed by atoms with Crippen LogP contribution in [0, 0.1) is 39.0 Å². The lowest BCUT2D eigenvalue weighted by Gasteiger charge is -2.22. The van der Waals surface area contributed by atoms with Gasteiger partial charge in [0, 0.05) is 17.0 Å². The summed E-state index contributed by atoms with van der Waals surface area (Å²) in [5, 5.41) is 8.08. The maximum absolute atomic E-state index is 8.08. The predicted octanol–water partition coefficient (Wildman–Crippen LogP) is 22.5. The van der Waals surface area contributed by atoms with Crippen molar-refractivity contribution in [1.82, 2.24) is 0 Å². The number of hydrogen-bond acceptors (Lipinski definition) is 1. The second kappa shape index (κ2) is 32.2. The topological polar surface area (TPSA) is 23.9 Å². The van der Waals surface area contributed by atoms with Gasteiger partial charge in [0.25, 0.3) is 0 Å². The molecule has 2 aliphatic rings. The van der Waals surface area contributed by atoms with Gasteiger partial charge in [-0.05, 0) is 149 Å². The first-order chi connectivity index (χ1) is 36.3. The first kappa shape index (κ1) is 61.2. The number of aryl methyl sites for hydroxylation is 5. The number of nitrogens with one attached hydrogen (secondary N) is 1. The van der Waals surface area contributed by atoms with Crippen LogP contribution in [0.1, 0.15) is 183 Å². The van der Waals surface area contributed by atoms with Gasteiger partial charge in [-0.1, -0.05) is 289 Å². The molecule has 0 radical (unpaired) electrons. The third-order valence-corrected chi connectivity index (χ3v) is 14.6. The molecular formula is C74H95N. The molecule has 0 spiro atoms. The summed E-state index contributed by atoms with van der Waals surface area (Å²) in [6, 6.07) is 58.9. The molecule has 9 rings (SSSR count). The minimum Gasteiger partial charge on any atom is -0.309 e. The molecule has 0 fully saturated rings. The smallest absolute Gasteiger partial charge is 0.0159 e. The molecule has 0 amide bonds. The fourth-order valence-corrected chi connectivity index (χ4v) is 10.1. The van der Waals surface area contributed by atoms with E-state index in [1.165, 1.54) is 121 Å². The summed E-state index contributed by atoms with van der Waals surface area (Å²) in [6.07, 6.45) is 18.3. The number of benzene rings is 7. The van der Waals surface area contributed by atoms with Gasteiger partial charge in [-0.25, -0.2) is 0 Å². The van der Waals surface area contributed by atoms with Gasteiger partial charge in [0.2, 0.25) is 0 Å². The third-order valence-electron chi connectivity index (χ3n) is 14.6. The van der Waals surface area contributed by atoms with Crippen LogP contribution in [0.4, 0.5) is 0 Å². The lowest BCUT2D eigenvalue weighted by atomic mass is 9.81. The Bertz CT molecular complexity index is 2790. The van der Waals surface area contributed by atoms with E-state index >= 15 is 0 Å². The average Bonchev–Trinajstić information content (AvgIpc) is 3.56. The number of allylic oxidation sites excluding steroid dienone is 4. The normalized spacial score (nSPS) is 13.8. The molecule has 0 aliphatic heterocycles. The van der Waals surface area contributed by atoms with E-state index in [1.54, 1.807) is 0 Å². The monoisotopic (exact) mass is 998 g/mol. The van der Waals surface area contributed by atoms with Gasteiger partial charge in [-0.15, -0.1) is 0 Å². The largest absolute Gasteiger partial charge is 0.309 e. The fraction of sp³-hybridized carbons (Fsp3) is 0.365. The Morgan fingerprint density at radius 2 is 1.08 bits per heavy atom. The molecule has 75 heavy (non-hydrogen) atoms. The van der Waals surface area contributed by atoms with Gasteiger partial charge in [-0.2, -0.15) is 0 Å². The van der Waals surface area contributed by atoms with E-state index in [1.807, 2.05) is 19.9 Å². The minimum atomic E-state index is 0.0636. The molecule has 0 bridgehead atoms. The number of rotatable bonds is 12. The first-order valence-electron chi connectivity index (χ1n) is 28.8. The second-order valence-electron chi connectivity index (χ2n) is 20.8. The van der Waals surface area contributed by atoms with Gasteiger partial charge in [0.15, 0.2) is 0 Å². The Morgan fingerprint density at radius 3 is 1.64 bits per heavy atom. The van der Waals surface area contributed by atoms with E-state index in [0.29, 0.717) is 5.92 Å². The summed E-state index contributed by atoms with van der Waals surface area (Å²) in [4.78, 5) is 0. The van der Waals surface area contributed by atoms with Crippen LogP contribution in [0.25, 0.3) is 39.0 Å². The van der Waals surface area contributed by atoms with Crippen LogP contribution in [-0.2, 0) is 11.8 Å². The molecule has 1 heteroatoms. The molecule has 1 N–H and O–H groups in total. The van der Waals surface area contributed by atoms with Crippen LogP contribution in [0.5, 0.6) is 0 Å². The molecule has 0 heterocycles. The molecule has 2 aliphatic carbocycles. The van der Waals surface area contributed by atoms with Gasteiger partial charge in [0.1, 0.15) is 0 Å². The Labute approximate surface area is 458 Å². The Kier molecular flexibility index (Phi) is 26.3. The number of unbranched alkanes of at least 4 members (excludes halogenated alkanes) is 1. The SMILES string of the molecule is CC.CCCC.CCCC(=N)C1C=CC(c2ccccc2)=CCC1.CCCC(C)c1ccc(C)cc1.CCCc1ccccc1-c1c(C)ccc2c1-c1ccccc1C2(C)C.Cc1ccccc1-c1ccccc1C. The van der Waals surface area contributed by atoms with Crippen molar-refractivity contribution < 1.29 is 0 Å². The number of hydrogen-bond donors (Lipinski definition) is 1. The zero-order valence-corrected chi connectivity index (χ0v) is 49.0. The lowest BCUT2D eigenvalue weighted by molar-refractivity contribution is 0.660. The highest BCUT2D eigenvalue weighted by atomic mass is 14.4. The van der Waals surface area contributed by atoms with Crippen molar-refractivity contribution in [3.63, 3.8) is 0 Å². The molecule has 2 atom stereocenters. The quantitative estimate of drug-likeness (QED) is 0.118. The molecule has 1 nitrogen and oxygen atoms in total.